The Bertz CT molecular complexity index is 927. The largest absolute Gasteiger partial charge is 0.468 e. The van der Waals surface area contributed by atoms with E-state index in [1.165, 1.54) is 7.11 Å². The van der Waals surface area contributed by atoms with Crippen molar-refractivity contribution in [3.63, 3.8) is 0 Å². The third kappa shape index (κ3) is 6.33. The molecule has 0 saturated carbocycles. The van der Waals surface area contributed by atoms with Gasteiger partial charge in [0.2, 0.25) is 5.91 Å². The number of methoxy groups -OCH3 is 1. The number of carbonyl (C=O) groups is 4. The molecule has 0 aliphatic heterocycles. The first-order chi connectivity index (χ1) is 14.4. The molecule has 8 nitrogen and oxygen atoms in total. The zero-order valence-electron chi connectivity index (χ0n) is 16.8. The average Bonchev–Trinajstić information content (AvgIpc) is 3.04. The second-order valence-corrected chi connectivity index (χ2v) is 7.92. The highest BCUT2D eigenvalue weighted by Gasteiger charge is 2.26. The maximum Gasteiger partial charge on any atom is 0.341 e. The van der Waals surface area contributed by atoms with Crippen LogP contribution in [0.15, 0.2) is 30.3 Å². The minimum atomic E-state index is -0.623. The summed E-state index contributed by atoms with van der Waals surface area (Å²) in [4.78, 5) is 48.9. The molecule has 30 heavy (non-hydrogen) atoms. The number of thiophene rings is 1. The number of hydrogen-bond acceptors (Lipinski definition) is 8. The predicted molar refractivity (Wildman–Crippen MR) is 117 cm³/mol. The molecule has 0 aliphatic carbocycles. The van der Waals surface area contributed by atoms with Crippen molar-refractivity contribution in [3.05, 3.63) is 46.3 Å². The van der Waals surface area contributed by atoms with Crippen LogP contribution in [0.3, 0.4) is 0 Å². The van der Waals surface area contributed by atoms with Gasteiger partial charge >= 0.3 is 11.9 Å². The topological polar surface area (TPSA) is 111 Å². The van der Waals surface area contributed by atoms with E-state index in [4.69, 9.17) is 4.74 Å². The van der Waals surface area contributed by atoms with Crippen LogP contribution in [0.25, 0.3) is 0 Å². The third-order valence-corrected chi connectivity index (χ3v) is 5.91. The van der Waals surface area contributed by atoms with Gasteiger partial charge in [0.15, 0.2) is 0 Å². The van der Waals surface area contributed by atoms with E-state index >= 15 is 0 Å². The molecule has 0 bridgehead atoms. The Hall–Kier alpha value is -2.85. The van der Waals surface area contributed by atoms with Gasteiger partial charge in [-0.25, -0.2) is 4.79 Å². The molecule has 1 heterocycles. The van der Waals surface area contributed by atoms with Gasteiger partial charge in [-0.1, -0.05) is 18.2 Å². The van der Waals surface area contributed by atoms with Crippen molar-refractivity contribution in [2.75, 3.05) is 35.9 Å². The number of anilines is 2. The van der Waals surface area contributed by atoms with Crippen LogP contribution in [0.2, 0.25) is 0 Å². The van der Waals surface area contributed by atoms with Crippen molar-refractivity contribution in [3.8, 4) is 0 Å². The molecule has 0 spiro atoms. The van der Waals surface area contributed by atoms with E-state index in [9.17, 15) is 19.2 Å². The monoisotopic (exact) mass is 450 g/mol. The van der Waals surface area contributed by atoms with Crippen molar-refractivity contribution in [2.24, 2.45) is 0 Å². The first-order valence-electron chi connectivity index (χ1n) is 8.98. The van der Waals surface area contributed by atoms with Gasteiger partial charge in [0.25, 0.3) is 5.91 Å². The van der Waals surface area contributed by atoms with Gasteiger partial charge in [0.05, 0.1) is 35.7 Å². The lowest BCUT2D eigenvalue weighted by atomic mass is 10.1. The molecule has 2 N–H and O–H groups in total. The van der Waals surface area contributed by atoms with Crippen LogP contribution < -0.4 is 10.6 Å². The molecule has 0 radical (unpaired) electrons. The summed E-state index contributed by atoms with van der Waals surface area (Å²) in [6.07, 6.45) is 0. The first kappa shape index (κ1) is 23.4. The second kappa shape index (κ2) is 11.4. The summed E-state index contributed by atoms with van der Waals surface area (Å²) < 4.78 is 9.61. The van der Waals surface area contributed by atoms with Crippen LogP contribution in [-0.4, -0.2) is 49.0 Å². The van der Waals surface area contributed by atoms with E-state index in [-0.39, 0.29) is 28.7 Å². The Morgan fingerprint density at radius 2 is 1.77 bits per heavy atom. The van der Waals surface area contributed by atoms with Gasteiger partial charge in [-0.3, -0.25) is 14.4 Å². The van der Waals surface area contributed by atoms with Crippen molar-refractivity contribution in [2.45, 2.75) is 13.8 Å². The summed E-state index contributed by atoms with van der Waals surface area (Å²) in [6, 6.07) is 8.90. The standard InChI is InChI=1S/C20H22N2O6S2/c1-4-28-20(26)16-12(2)17(18(25)21-13-8-6-5-7-9-13)30-19(16)22-14(23)10-29-11-15(24)27-3/h5-9H,4,10-11H2,1-3H3,(H,21,25)(H,22,23). The number of benzene rings is 1. The number of carbonyl (C=O) groups excluding carboxylic acids is 4. The summed E-state index contributed by atoms with van der Waals surface area (Å²) in [5.74, 6) is -1.85. The lowest BCUT2D eigenvalue weighted by Gasteiger charge is -2.07. The molecule has 160 valence electrons. The fourth-order valence-electron chi connectivity index (χ4n) is 2.43. The smallest absolute Gasteiger partial charge is 0.341 e. The minimum Gasteiger partial charge on any atom is -0.468 e. The fourth-order valence-corrected chi connectivity index (χ4v) is 4.18. The molecular weight excluding hydrogens is 428 g/mol. The lowest BCUT2D eigenvalue weighted by Crippen LogP contribution is -2.17. The van der Waals surface area contributed by atoms with E-state index < -0.39 is 23.8 Å². The lowest BCUT2D eigenvalue weighted by molar-refractivity contribution is -0.137. The number of para-hydroxylation sites is 1. The molecule has 0 saturated heterocycles. The van der Waals surface area contributed by atoms with Crippen LogP contribution in [0.1, 0.15) is 32.5 Å². The Labute approximate surface area is 182 Å². The van der Waals surface area contributed by atoms with Gasteiger partial charge in [-0.2, -0.15) is 0 Å². The number of amides is 2. The van der Waals surface area contributed by atoms with Gasteiger partial charge < -0.3 is 20.1 Å². The average molecular weight is 451 g/mol. The summed E-state index contributed by atoms with van der Waals surface area (Å²) in [5, 5.41) is 5.65. The Balaban J connectivity index is 2.22. The number of nitrogens with one attached hydrogen (secondary N) is 2. The molecule has 2 aromatic rings. The number of hydrogen-bond donors (Lipinski definition) is 2. The van der Waals surface area contributed by atoms with Gasteiger partial charge in [0.1, 0.15) is 5.00 Å². The highest BCUT2D eigenvalue weighted by Crippen LogP contribution is 2.34. The van der Waals surface area contributed by atoms with Gasteiger partial charge in [-0.15, -0.1) is 23.1 Å². The molecule has 1 aromatic carbocycles. The van der Waals surface area contributed by atoms with Crippen LogP contribution in [-0.2, 0) is 19.1 Å². The van der Waals surface area contributed by atoms with Crippen LogP contribution in [0.4, 0.5) is 10.7 Å². The van der Waals surface area contributed by atoms with Crippen molar-refractivity contribution < 1.29 is 28.7 Å². The molecule has 0 fully saturated rings. The van der Waals surface area contributed by atoms with E-state index in [1.54, 1.807) is 38.1 Å². The van der Waals surface area contributed by atoms with Crippen LogP contribution in [0.5, 0.6) is 0 Å². The normalized spacial score (nSPS) is 10.2. The number of rotatable bonds is 9. The zero-order valence-corrected chi connectivity index (χ0v) is 18.4. The Morgan fingerprint density at radius 3 is 2.40 bits per heavy atom. The number of ether oxygens (including phenoxy) is 2. The van der Waals surface area contributed by atoms with Crippen LogP contribution >= 0.6 is 23.1 Å². The van der Waals surface area contributed by atoms with Gasteiger partial charge in [-0.05, 0) is 31.5 Å². The van der Waals surface area contributed by atoms with Crippen molar-refractivity contribution >= 4 is 57.5 Å². The maximum absolute atomic E-state index is 12.7. The molecule has 2 rings (SSSR count). The first-order valence-corrected chi connectivity index (χ1v) is 11.0. The molecule has 0 unspecified atom stereocenters. The quantitative estimate of drug-likeness (QED) is 0.564. The predicted octanol–water partition coefficient (Wildman–Crippen LogP) is 3.33. The van der Waals surface area contributed by atoms with E-state index in [0.29, 0.717) is 16.1 Å². The van der Waals surface area contributed by atoms with Crippen molar-refractivity contribution in [1.29, 1.82) is 0 Å². The molecule has 1 aromatic heterocycles. The van der Waals surface area contributed by atoms with E-state index in [1.807, 2.05) is 6.07 Å². The summed E-state index contributed by atoms with van der Waals surface area (Å²) >= 11 is 2.07. The van der Waals surface area contributed by atoms with Crippen molar-refractivity contribution in [1.82, 2.24) is 0 Å². The second-order valence-electron chi connectivity index (χ2n) is 5.92. The van der Waals surface area contributed by atoms with E-state index in [2.05, 4.69) is 15.4 Å². The third-order valence-electron chi connectivity index (χ3n) is 3.80. The van der Waals surface area contributed by atoms with Gasteiger partial charge in [0, 0.05) is 5.69 Å². The molecule has 2 amide bonds. The molecule has 0 atom stereocenters. The summed E-state index contributed by atoms with van der Waals surface area (Å²) in [6.45, 7) is 3.46. The van der Waals surface area contributed by atoms with Crippen LogP contribution in [0, 0.1) is 6.92 Å². The number of thioether (sulfide) groups is 1. The Morgan fingerprint density at radius 1 is 1.07 bits per heavy atom. The molecular formula is C20H22N2O6S2. The highest BCUT2D eigenvalue weighted by atomic mass is 32.2. The SMILES string of the molecule is CCOC(=O)c1c(NC(=O)CSCC(=O)OC)sc(C(=O)Nc2ccccc2)c1C. The highest BCUT2D eigenvalue weighted by molar-refractivity contribution is 8.00. The number of esters is 2. The summed E-state index contributed by atoms with van der Waals surface area (Å²) in [5.41, 5.74) is 1.17. The zero-order chi connectivity index (χ0) is 22.1. The van der Waals surface area contributed by atoms with E-state index in [0.717, 1.165) is 23.1 Å². The molecule has 10 heteroatoms. The maximum atomic E-state index is 12.7. The fraction of sp³-hybridized carbons (Fsp3) is 0.300. The minimum absolute atomic E-state index is 0.0140. The Kier molecular flexibility index (Phi) is 8.88. The summed E-state index contributed by atoms with van der Waals surface area (Å²) in [7, 11) is 1.27. The molecule has 0 aliphatic rings.